The molecule has 15 heteroatoms. The first-order valence-corrected chi connectivity index (χ1v) is 15.0. The second kappa shape index (κ2) is 15.2. The predicted molar refractivity (Wildman–Crippen MR) is 122 cm³/mol. The molecule has 0 aliphatic heterocycles. The van der Waals surface area contributed by atoms with Crippen molar-refractivity contribution < 1.29 is 25.3 Å². The van der Waals surface area contributed by atoms with Crippen LogP contribution in [0.15, 0.2) is 0 Å². The summed E-state index contributed by atoms with van der Waals surface area (Å²) in [5.41, 5.74) is 0. The van der Waals surface area contributed by atoms with Crippen molar-refractivity contribution in [2.24, 2.45) is 0 Å². The lowest BCUT2D eigenvalue weighted by Gasteiger charge is -2.32. The van der Waals surface area contributed by atoms with E-state index in [4.69, 9.17) is 15.8 Å². The van der Waals surface area contributed by atoms with Crippen molar-refractivity contribution in [2.45, 2.75) is 74.5 Å². The molecule has 0 bridgehead atoms. The summed E-state index contributed by atoms with van der Waals surface area (Å²) in [5, 5.41) is 26.0. The first-order valence-electron chi connectivity index (χ1n) is 10.6. The minimum Gasteiger partial charge on any atom is -0.213 e. The Labute approximate surface area is 197 Å². The molecule has 188 valence electrons. The maximum atomic E-state index is 13.3. The van der Waals surface area contributed by atoms with Crippen LogP contribution in [-0.4, -0.2) is 48.3 Å². The molecule has 12 nitrogen and oxygen atoms in total. The molecule has 0 aromatic rings. The van der Waals surface area contributed by atoms with E-state index < -0.39 is 39.9 Å². The van der Waals surface area contributed by atoms with Crippen LogP contribution in [0.2, 0.25) is 0 Å². The van der Waals surface area contributed by atoms with Gasteiger partial charge in [-0.3, -0.25) is 0 Å². The average molecular weight is 525 g/mol. The summed E-state index contributed by atoms with van der Waals surface area (Å²) < 4.78 is 82.9. The molecular formula is C18H32N6O6S3. The van der Waals surface area contributed by atoms with E-state index in [9.17, 15) is 25.3 Å². The minimum atomic E-state index is -5.04. The van der Waals surface area contributed by atoms with Crippen molar-refractivity contribution in [2.75, 3.05) is 19.6 Å². The molecule has 0 aliphatic carbocycles. The predicted octanol–water partition coefficient (Wildman–Crippen LogP) is 0.890. The van der Waals surface area contributed by atoms with E-state index >= 15 is 0 Å². The SMILES string of the molecule is CCCCCC(S(=O)(=O)NCCCC#N)(S(=O)(=O)NCCCC#N)S(=O)(=O)NCCCC#N. The summed E-state index contributed by atoms with van der Waals surface area (Å²) in [4.78, 5) is 0. The lowest BCUT2D eigenvalue weighted by Crippen LogP contribution is -2.63. The zero-order valence-corrected chi connectivity index (χ0v) is 21.2. The number of nitrogens with zero attached hydrogens (tertiary/aromatic N) is 3. The van der Waals surface area contributed by atoms with E-state index in [0.29, 0.717) is 12.8 Å². The van der Waals surface area contributed by atoms with Crippen LogP contribution in [0.5, 0.6) is 0 Å². The zero-order chi connectivity index (χ0) is 25.4. The Kier molecular flexibility index (Phi) is 14.3. The molecule has 0 spiro atoms. The van der Waals surface area contributed by atoms with Crippen molar-refractivity contribution in [1.82, 2.24) is 14.2 Å². The molecule has 0 amide bonds. The first kappa shape index (κ1) is 31.2. The molecule has 0 aliphatic rings. The van der Waals surface area contributed by atoms with E-state index in [1.807, 2.05) is 18.2 Å². The second-order valence-corrected chi connectivity index (χ2v) is 13.9. The largest absolute Gasteiger partial charge is 0.313 e. The lowest BCUT2D eigenvalue weighted by atomic mass is 10.2. The average Bonchev–Trinajstić information content (AvgIpc) is 2.74. The number of hydrogen-bond acceptors (Lipinski definition) is 9. The third-order valence-corrected chi connectivity index (χ3v) is 13.4. The maximum Gasteiger partial charge on any atom is 0.313 e. The highest BCUT2D eigenvalue weighted by Crippen LogP contribution is 2.35. The molecule has 0 heterocycles. The summed E-state index contributed by atoms with van der Waals surface area (Å²) in [6, 6.07) is 5.48. The Balaban J connectivity index is 6.51. The Bertz CT molecular complexity index is 910. The van der Waals surface area contributed by atoms with Gasteiger partial charge in [0.1, 0.15) is 0 Å². The van der Waals surface area contributed by atoms with Crippen LogP contribution in [-0.2, 0) is 30.1 Å². The molecule has 0 radical (unpaired) electrons. The standard InChI is InChI=1S/C18H32N6O6S3/c1-2-3-4-11-18(31(25,26)22-15-8-5-12-19,32(27,28)23-16-9-6-13-20)33(29,30)24-17-10-7-14-21/h22-24H,2-11,15-17H2,1H3. The quantitative estimate of drug-likeness (QED) is 0.204. The number of sulfonamides is 3. The van der Waals surface area contributed by atoms with E-state index in [-0.39, 0.29) is 64.6 Å². The number of nitriles is 3. The summed E-state index contributed by atoms with van der Waals surface area (Å²) in [6.45, 7) is 0.831. The van der Waals surface area contributed by atoms with Gasteiger partial charge in [0.05, 0.1) is 18.2 Å². The Hall–Kier alpha value is -1.80. The van der Waals surface area contributed by atoms with E-state index in [1.54, 1.807) is 6.92 Å². The van der Waals surface area contributed by atoms with Crippen molar-refractivity contribution in [3.8, 4) is 18.2 Å². The van der Waals surface area contributed by atoms with Crippen LogP contribution in [0.4, 0.5) is 0 Å². The smallest absolute Gasteiger partial charge is 0.213 e. The van der Waals surface area contributed by atoms with Crippen LogP contribution in [0.3, 0.4) is 0 Å². The lowest BCUT2D eigenvalue weighted by molar-refractivity contribution is 0.511. The Morgan fingerprint density at radius 3 is 1.21 bits per heavy atom. The van der Waals surface area contributed by atoms with Crippen molar-refractivity contribution in [3.05, 3.63) is 0 Å². The molecule has 0 saturated heterocycles. The number of rotatable bonds is 19. The van der Waals surface area contributed by atoms with Gasteiger partial charge >= 0.3 is 3.41 Å². The van der Waals surface area contributed by atoms with Gasteiger partial charge in [-0.1, -0.05) is 19.8 Å². The van der Waals surface area contributed by atoms with Crippen LogP contribution in [0.25, 0.3) is 0 Å². The summed E-state index contributed by atoms with van der Waals surface area (Å²) >= 11 is 0. The minimum absolute atomic E-state index is 0.00613. The van der Waals surface area contributed by atoms with Gasteiger partial charge < -0.3 is 0 Å². The molecule has 0 unspecified atom stereocenters. The van der Waals surface area contributed by atoms with Gasteiger partial charge in [-0.25, -0.2) is 39.4 Å². The van der Waals surface area contributed by atoms with Gasteiger partial charge in [-0.05, 0) is 25.7 Å². The van der Waals surface area contributed by atoms with Gasteiger partial charge in [0.25, 0.3) is 0 Å². The molecule has 0 rings (SSSR count). The molecule has 0 aromatic heterocycles. The van der Waals surface area contributed by atoms with Gasteiger partial charge in [0.2, 0.25) is 30.1 Å². The zero-order valence-electron chi connectivity index (χ0n) is 18.7. The van der Waals surface area contributed by atoms with Crippen molar-refractivity contribution in [3.63, 3.8) is 0 Å². The normalized spacial score (nSPS) is 12.5. The molecule has 0 aromatic carbocycles. The monoisotopic (exact) mass is 524 g/mol. The highest BCUT2D eigenvalue weighted by atomic mass is 32.3. The third kappa shape index (κ3) is 8.81. The molecule has 0 saturated carbocycles. The first-order chi connectivity index (χ1) is 15.5. The molecular weight excluding hydrogens is 492 g/mol. The fourth-order valence-corrected chi connectivity index (χ4v) is 10.5. The number of unbranched alkanes of at least 4 members (excludes halogenated alkanes) is 5. The van der Waals surface area contributed by atoms with Crippen LogP contribution in [0, 0.1) is 34.0 Å². The number of nitrogens with one attached hydrogen (secondary N) is 3. The maximum absolute atomic E-state index is 13.3. The van der Waals surface area contributed by atoms with Crippen molar-refractivity contribution >= 4 is 30.1 Å². The van der Waals surface area contributed by atoms with Crippen LogP contribution < -0.4 is 14.2 Å². The van der Waals surface area contributed by atoms with Gasteiger partial charge in [-0.2, -0.15) is 15.8 Å². The third-order valence-electron chi connectivity index (χ3n) is 4.59. The van der Waals surface area contributed by atoms with E-state index in [1.165, 1.54) is 0 Å². The molecule has 0 atom stereocenters. The molecule has 3 N–H and O–H groups in total. The highest BCUT2D eigenvalue weighted by Gasteiger charge is 2.64. The summed E-state index contributed by atoms with van der Waals surface area (Å²) in [6.07, 6.45) is 0.390. The summed E-state index contributed by atoms with van der Waals surface area (Å²) in [7, 11) is -15.1. The van der Waals surface area contributed by atoms with Crippen LogP contribution >= 0.6 is 0 Å². The highest BCUT2D eigenvalue weighted by molar-refractivity contribution is 8.24. The van der Waals surface area contributed by atoms with Gasteiger partial charge in [0, 0.05) is 45.3 Å². The molecule has 33 heavy (non-hydrogen) atoms. The Morgan fingerprint density at radius 2 is 0.939 bits per heavy atom. The fourth-order valence-electron chi connectivity index (χ4n) is 2.88. The Morgan fingerprint density at radius 1 is 0.606 bits per heavy atom. The second-order valence-electron chi connectivity index (χ2n) is 7.12. The van der Waals surface area contributed by atoms with E-state index in [0.717, 1.165) is 0 Å². The van der Waals surface area contributed by atoms with Crippen LogP contribution in [0.1, 0.15) is 71.1 Å². The number of hydrogen-bond donors (Lipinski definition) is 3. The van der Waals surface area contributed by atoms with Gasteiger partial charge in [0.15, 0.2) is 0 Å². The van der Waals surface area contributed by atoms with Gasteiger partial charge in [-0.15, -0.1) is 0 Å². The van der Waals surface area contributed by atoms with E-state index in [2.05, 4.69) is 14.2 Å². The molecule has 0 fully saturated rings. The topological polar surface area (TPSA) is 210 Å². The summed E-state index contributed by atoms with van der Waals surface area (Å²) in [5.74, 6) is 0. The fraction of sp³-hybridized carbons (Fsp3) is 0.833. The van der Waals surface area contributed by atoms with Crippen molar-refractivity contribution in [1.29, 1.82) is 15.8 Å².